The van der Waals surface area contributed by atoms with Crippen LogP contribution in [0.15, 0.2) is 189 Å². The number of thiophene rings is 4. The minimum Gasteiger partial charge on any atom is -0.317 e. The van der Waals surface area contributed by atoms with Crippen molar-refractivity contribution in [3.05, 3.63) is 258 Å². The molecular weight excluding hydrogens is 1900 g/mol. The summed E-state index contributed by atoms with van der Waals surface area (Å²) in [6, 6.07) is 58.3. The van der Waals surface area contributed by atoms with Gasteiger partial charge >= 0.3 is 0 Å². The van der Waals surface area contributed by atoms with Crippen LogP contribution in [0.3, 0.4) is 0 Å². The van der Waals surface area contributed by atoms with Crippen LogP contribution in [0.4, 0.5) is 20.0 Å². The number of amides is 4. The Morgan fingerprint density at radius 2 is 0.743 bits per heavy atom. The average molecular weight is 2020 g/mol. The van der Waals surface area contributed by atoms with Crippen LogP contribution in [-0.2, 0) is 104 Å². The van der Waals surface area contributed by atoms with Crippen molar-refractivity contribution in [1.29, 1.82) is 0 Å². The predicted molar refractivity (Wildman–Crippen MR) is 586 cm³/mol. The number of aryl methyl sites for hydroxylation is 1. The molecule has 23 nitrogen and oxygen atoms in total. The number of thiazole rings is 4. The number of nitrogens with zero attached hydrogens (tertiary/aromatic N) is 12. The molecule has 0 saturated heterocycles. The second-order valence-electron chi connectivity index (χ2n) is 37.7. The molecule has 0 saturated carbocycles. The first-order valence-electron chi connectivity index (χ1n) is 49.1. The van der Waals surface area contributed by atoms with Gasteiger partial charge in [0.15, 0.2) is 0 Å². The summed E-state index contributed by atoms with van der Waals surface area (Å²) in [5.41, 5.74) is 20.4. The number of hydrogen-bond donors (Lipinski definition) is 7. The molecule has 0 radical (unpaired) electrons. The van der Waals surface area contributed by atoms with E-state index in [9.17, 15) is 19.2 Å². The number of rotatable bonds is 31. The van der Waals surface area contributed by atoms with Gasteiger partial charge in [0.2, 0.25) is 23.6 Å². The van der Waals surface area contributed by atoms with Gasteiger partial charge in [-0.15, -0.1) is 90.7 Å². The van der Waals surface area contributed by atoms with Gasteiger partial charge in [-0.3, -0.25) is 53.3 Å². The number of carbonyl (C=O) groups is 4. The lowest BCUT2D eigenvalue weighted by molar-refractivity contribution is -0.117. The average Bonchev–Trinajstić information content (AvgIpc) is 1.62. The van der Waals surface area contributed by atoms with E-state index in [4.69, 9.17) is 19.9 Å². The van der Waals surface area contributed by atoms with E-state index >= 15 is 0 Å². The minimum absolute atomic E-state index is 0.0281. The summed E-state index contributed by atoms with van der Waals surface area (Å²) in [5.74, 6) is 0.205. The van der Waals surface area contributed by atoms with Crippen molar-refractivity contribution in [1.82, 2.24) is 75.2 Å². The number of carbonyl (C=O) groups excluding carboxylic acids is 4. The third kappa shape index (κ3) is 24.6. The highest BCUT2D eigenvalue weighted by Gasteiger charge is 2.35. The number of hydrogen-bond acceptors (Lipinski definition) is 26. The molecule has 4 amide bonds. The fraction of sp³-hybridized carbons (Fsp3) is 0.376. The molecular formula is C109H125N19O4S8. The zero-order valence-electron chi connectivity index (χ0n) is 81.4. The van der Waals surface area contributed by atoms with E-state index in [0.717, 1.165) is 207 Å². The van der Waals surface area contributed by atoms with Crippen LogP contribution in [0.1, 0.15) is 164 Å². The molecule has 5 aliphatic heterocycles. The highest BCUT2D eigenvalue weighted by Crippen LogP contribution is 2.51. The Hall–Kier alpha value is -10.4. The Bertz CT molecular complexity index is 6830. The molecule has 0 fully saturated rings. The number of nitrogens with one attached hydrogen (secondary N) is 7. The summed E-state index contributed by atoms with van der Waals surface area (Å²) in [4.78, 5) is 93.8. The van der Waals surface area contributed by atoms with E-state index in [1.807, 2.05) is 74.2 Å². The molecule has 0 bridgehead atoms. The maximum absolute atomic E-state index is 13.2. The number of para-hydroxylation sites is 4. The predicted octanol–water partition coefficient (Wildman–Crippen LogP) is 22.6. The quantitative estimate of drug-likeness (QED) is 0.0199. The zero-order chi connectivity index (χ0) is 96.9. The van der Waals surface area contributed by atoms with Gasteiger partial charge in [-0.2, -0.15) is 5.10 Å². The first-order valence-corrected chi connectivity index (χ1v) is 55.7. The van der Waals surface area contributed by atoms with Crippen molar-refractivity contribution in [2.24, 2.45) is 7.05 Å². The van der Waals surface area contributed by atoms with E-state index in [0.29, 0.717) is 76.0 Å². The highest BCUT2D eigenvalue weighted by atomic mass is 32.1. The minimum atomic E-state index is 0.0281. The molecule has 1 unspecified atom stereocenters. The summed E-state index contributed by atoms with van der Waals surface area (Å²) in [5, 5.41) is 35.2. The largest absolute Gasteiger partial charge is 0.317 e. The Morgan fingerprint density at radius 3 is 1.13 bits per heavy atom. The van der Waals surface area contributed by atoms with Crippen molar-refractivity contribution in [2.75, 3.05) is 86.7 Å². The summed E-state index contributed by atoms with van der Waals surface area (Å²) in [7, 11) is 1.90. The third-order valence-electron chi connectivity index (χ3n) is 26.7. The number of anilines is 4. The lowest BCUT2D eigenvalue weighted by Crippen LogP contribution is -2.35. The lowest BCUT2D eigenvalue weighted by atomic mass is 10.00. The molecule has 1 atom stereocenters. The van der Waals surface area contributed by atoms with E-state index in [1.54, 1.807) is 102 Å². The second kappa shape index (κ2) is 46.8. The van der Waals surface area contributed by atoms with Crippen molar-refractivity contribution < 1.29 is 19.2 Å². The van der Waals surface area contributed by atoms with E-state index < -0.39 is 0 Å². The van der Waals surface area contributed by atoms with Crippen LogP contribution in [0.2, 0.25) is 0 Å². The van der Waals surface area contributed by atoms with Crippen molar-refractivity contribution in [3.8, 4) is 42.3 Å². The van der Waals surface area contributed by atoms with E-state index in [2.05, 4.69) is 249 Å². The van der Waals surface area contributed by atoms with Crippen LogP contribution in [-0.4, -0.2) is 172 Å². The maximum atomic E-state index is 13.2. The molecule has 728 valence electrons. The SMILES string of the molecule is CC(C)N1CCc2c(sc(NC(=O)CCN3CCc4ccccc4C3)c2-c2nc3ccccc3s2)C1.CC(C)N1CCc2c(sc(NC(=O)CCNCCc3cccnc3)c2-c2nc3ccccc3s2)C1.CC(C)N1CCc2c(sc(NC(=O)CCNCc3cnn(C)c3)c2-c2nc3ccccc3s2)C1.CC(NCCC(=O)Nc1sc2c(c1-c1nc3ccccc3s1)CCN(C(C)C)C2)c1ccccc1. The maximum Gasteiger partial charge on any atom is 0.226 e. The second-order valence-corrected chi connectivity index (χ2v) is 46.2. The van der Waals surface area contributed by atoms with Crippen molar-refractivity contribution in [2.45, 2.75) is 196 Å². The first kappa shape index (κ1) is 99.7. The zero-order valence-corrected chi connectivity index (χ0v) is 88.0. The van der Waals surface area contributed by atoms with Crippen molar-refractivity contribution >= 4 is 175 Å². The van der Waals surface area contributed by atoms with Crippen LogP contribution >= 0.6 is 90.7 Å². The fourth-order valence-electron chi connectivity index (χ4n) is 18.8. The molecule has 6 aromatic carbocycles. The molecule has 0 aliphatic carbocycles. The number of aromatic nitrogens is 7. The molecule has 15 heterocycles. The summed E-state index contributed by atoms with van der Waals surface area (Å²) < 4.78 is 6.51. The molecule has 21 rings (SSSR count). The lowest BCUT2D eigenvalue weighted by Gasteiger charge is -2.30. The molecule has 7 N–H and O–H groups in total. The Labute approximate surface area is 852 Å². The monoisotopic (exact) mass is 2020 g/mol. The summed E-state index contributed by atoms with van der Waals surface area (Å²) in [6.45, 7) is 34.2. The normalized spacial score (nSPS) is 14.8. The molecule has 0 spiro atoms. The van der Waals surface area contributed by atoms with Gasteiger partial charge < -0.3 is 37.2 Å². The number of fused-ring (bicyclic) bond motifs is 9. The number of pyridine rings is 1. The van der Waals surface area contributed by atoms with Crippen LogP contribution < -0.4 is 37.2 Å². The molecule has 5 aliphatic rings. The van der Waals surface area contributed by atoms with Gasteiger partial charge in [0.05, 0.1) is 47.1 Å². The van der Waals surface area contributed by atoms with Gasteiger partial charge in [0.25, 0.3) is 0 Å². The van der Waals surface area contributed by atoms with Crippen molar-refractivity contribution in [3.63, 3.8) is 0 Å². The van der Waals surface area contributed by atoms with Crippen LogP contribution in [0.5, 0.6) is 0 Å². The third-order valence-corrected chi connectivity index (χ3v) is 35.5. The smallest absolute Gasteiger partial charge is 0.226 e. The Kier molecular flexibility index (Phi) is 33.3. The Balaban J connectivity index is 0.000000124. The summed E-state index contributed by atoms with van der Waals surface area (Å²) in [6.07, 6.45) is 15.2. The fourth-order valence-corrected chi connectivity index (χ4v) is 28.4. The molecule has 140 heavy (non-hydrogen) atoms. The Morgan fingerprint density at radius 1 is 0.364 bits per heavy atom. The summed E-state index contributed by atoms with van der Waals surface area (Å²) >= 11 is 13.8. The van der Waals surface area contributed by atoms with Crippen LogP contribution in [0, 0.1) is 0 Å². The molecule has 31 heteroatoms. The first-order chi connectivity index (χ1) is 68.1. The molecule has 16 aromatic rings. The number of benzene rings is 6. The topological polar surface area (TPSA) is 251 Å². The van der Waals surface area contributed by atoms with Crippen LogP contribution in [0.25, 0.3) is 83.2 Å². The standard InChI is InChI=1S/C29H32N4OS2.C28H32N4OS2.C27H31N5OS2.C25H30N6OS2/c1-19(2)33-16-12-22-25(18-33)36-29(27(22)28-30-23-9-5-6-10-24(23)35-28)31-26(34)13-15-32-14-11-20-7-3-4-8-21(20)17-32;1-18(2)32-16-14-21-24(17-32)35-28(26(21)27-30-22-11-7-8-12-23(22)34-27)31-25(33)13-15-29-19(3)20-9-5-4-6-10-20;1-18(2)32-15-11-20-23(17-32)35-27(25(20)26-30-21-7-3-4-8-22(21)34-26)31-24(33)10-14-28-13-9-19-6-5-12-29-16-19;1-16(2)31-11-9-18-21(15-31)34-25(23(18)24-28-19-6-4-5-7-20(19)33-24)29-22(32)8-10-26-12-17-13-27-30(3)14-17/h3-10,19H,11-18H2,1-2H3,(H,31,34);4-12,18-19,29H,13-17H2,1-3H3,(H,31,33);3-8,12,16,18,28H,9-11,13-15,17H2,1-2H3,(H,31,33);4-7,13-14,16,26H,8-12,15H2,1-3H3,(H,29,32). The van der Waals surface area contributed by atoms with Gasteiger partial charge in [0.1, 0.15) is 40.0 Å². The van der Waals surface area contributed by atoms with E-state index in [-0.39, 0.29) is 29.7 Å². The van der Waals surface area contributed by atoms with E-state index in [1.165, 1.54) is 82.8 Å². The van der Waals surface area contributed by atoms with Gasteiger partial charge in [-0.1, -0.05) is 109 Å². The molecule has 10 aromatic heterocycles. The highest BCUT2D eigenvalue weighted by molar-refractivity contribution is 7.25. The van der Waals surface area contributed by atoms with Gasteiger partial charge in [-0.05, 0) is 206 Å². The van der Waals surface area contributed by atoms with Gasteiger partial charge in [-0.25, -0.2) is 19.9 Å². The van der Waals surface area contributed by atoms with Gasteiger partial charge in [0, 0.05) is 227 Å².